The largest absolute Gasteiger partial charge is 0.497 e. The predicted octanol–water partition coefficient (Wildman–Crippen LogP) is 5.61. The number of methoxy groups -OCH3 is 1. The Morgan fingerprint density at radius 2 is 1.64 bits per heavy atom. The van der Waals surface area contributed by atoms with Gasteiger partial charge in [-0.2, -0.15) is 5.10 Å². The van der Waals surface area contributed by atoms with Gasteiger partial charge in [-0.1, -0.05) is 31.8 Å². The van der Waals surface area contributed by atoms with Crippen molar-refractivity contribution in [1.82, 2.24) is 19.3 Å². The Labute approximate surface area is 213 Å². The first kappa shape index (κ1) is 25.6. The summed E-state index contributed by atoms with van der Waals surface area (Å²) in [4.78, 5) is 17.9. The van der Waals surface area contributed by atoms with Gasteiger partial charge < -0.3 is 14.0 Å². The molecule has 0 aliphatic carbocycles. The summed E-state index contributed by atoms with van der Waals surface area (Å²) in [6, 6.07) is 16.7. The number of ether oxygens (including phenoxy) is 2. The van der Waals surface area contributed by atoms with Gasteiger partial charge >= 0.3 is 0 Å². The molecule has 188 valence electrons. The third kappa shape index (κ3) is 5.66. The maximum absolute atomic E-state index is 13.7. The molecule has 0 fully saturated rings. The van der Waals surface area contributed by atoms with E-state index in [0.29, 0.717) is 18.9 Å². The Morgan fingerprint density at radius 3 is 2.28 bits per heavy atom. The second kappa shape index (κ2) is 10.6. The molecular formula is C28H34N4O3Si. The number of hydrogen-bond acceptors (Lipinski definition) is 5. The van der Waals surface area contributed by atoms with E-state index in [9.17, 15) is 4.79 Å². The van der Waals surface area contributed by atoms with E-state index in [2.05, 4.69) is 29.7 Å². The zero-order valence-corrected chi connectivity index (χ0v) is 22.9. The second-order valence-corrected chi connectivity index (χ2v) is 15.8. The monoisotopic (exact) mass is 502 g/mol. The molecule has 0 radical (unpaired) electrons. The highest BCUT2D eigenvalue weighted by atomic mass is 28.3. The minimum atomic E-state index is -1.20. The van der Waals surface area contributed by atoms with Crippen LogP contribution in [0.25, 0.3) is 33.6 Å². The quantitative estimate of drug-likeness (QED) is 0.220. The van der Waals surface area contributed by atoms with Gasteiger partial charge in [-0.15, -0.1) is 0 Å². The molecule has 4 aromatic rings. The molecule has 0 bridgehead atoms. The van der Waals surface area contributed by atoms with Crippen LogP contribution in [0.4, 0.5) is 0 Å². The number of rotatable bonds is 9. The zero-order valence-electron chi connectivity index (χ0n) is 21.9. The van der Waals surface area contributed by atoms with Crippen LogP contribution in [0.5, 0.6) is 5.75 Å². The molecule has 0 N–H and O–H groups in total. The molecule has 0 saturated carbocycles. The molecule has 3 aromatic heterocycles. The summed E-state index contributed by atoms with van der Waals surface area (Å²) >= 11 is 0. The van der Waals surface area contributed by atoms with Gasteiger partial charge in [0.2, 0.25) is 0 Å². The molecular weight excluding hydrogens is 468 g/mol. The minimum Gasteiger partial charge on any atom is -0.497 e. The first-order chi connectivity index (χ1) is 17.2. The fourth-order valence-electron chi connectivity index (χ4n) is 4.16. The summed E-state index contributed by atoms with van der Waals surface area (Å²) < 4.78 is 14.8. The van der Waals surface area contributed by atoms with Crippen LogP contribution in [0.2, 0.25) is 25.7 Å². The molecule has 8 heteroatoms. The number of nitrogens with zero attached hydrogens (tertiary/aromatic N) is 4. The van der Waals surface area contributed by atoms with Crippen LogP contribution in [0.1, 0.15) is 5.69 Å². The van der Waals surface area contributed by atoms with Gasteiger partial charge in [0, 0.05) is 45.2 Å². The lowest BCUT2D eigenvalue weighted by atomic mass is 9.96. The van der Waals surface area contributed by atoms with Gasteiger partial charge in [-0.3, -0.25) is 9.78 Å². The molecule has 0 spiro atoms. The Morgan fingerprint density at radius 1 is 0.944 bits per heavy atom. The maximum atomic E-state index is 13.7. The van der Waals surface area contributed by atoms with Crippen LogP contribution < -0.4 is 10.3 Å². The van der Waals surface area contributed by atoms with Crippen molar-refractivity contribution in [3.05, 3.63) is 77.0 Å². The van der Waals surface area contributed by atoms with Crippen LogP contribution >= 0.6 is 0 Å². The number of hydrogen-bond donors (Lipinski definition) is 0. The highest BCUT2D eigenvalue weighted by Gasteiger charge is 2.20. The van der Waals surface area contributed by atoms with Crippen LogP contribution in [0, 0.1) is 6.92 Å². The third-order valence-corrected chi connectivity index (χ3v) is 7.86. The van der Waals surface area contributed by atoms with E-state index in [1.807, 2.05) is 62.5 Å². The third-order valence-electron chi connectivity index (χ3n) is 6.16. The highest BCUT2D eigenvalue weighted by molar-refractivity contribution is 6.76. The SMILES string of the molecule is COc1ccc(-c2cc(-c3cc(C)nn3COCC[Si](C)(C)C)c(=O)n(C)c2-c2ccncc2)cc1. The maximum Gasteiger partial charge on any atom is 0.260 e. The van der Waals surface area contributed by atoms with Gasteiger partial charge in [0.1, 0.15) is 12.5 Å². The van der Waals surface area contributed by atoms with Crippen molar-refractivity contribution in [2.24, 2.45) is 7.05 Å². The Bertz CT molecular complexity index is 1390. The van der Waals surface area contributed by atoms with E-state index in [1.165, 1.54) is 0 Å². The zero-order chi connectivity index (χ0) is 25.9. The fraction of sp³-hybridized carbons (Fsp3) is 0.321. The number of pyridine rings is 2. The lowest BCUT2D eigenvalue weighted by Crippen LogP contribution is -2.23. The lowest BCUT2D eigenvalue weighted by molar-refractivity contribution is 0.0796. The smallest absolute Gasteiger partial charge is 0.260 e. The molecule has 0 amide bonds. The van der Waals surface area contributed by atoms with Gasteiger partial charge in [0.25, 0.3) is 5.56 Å². The van der Waals surface area contributed by atoms with Crippen LogP contribution in [-0.4, -0.2) is 41.1 Å². The Kier molecular flexibility index (Phi) is 7.56. The van der Waals surface area contributed by atoms with Crippen LogP contribution in [0.15, 0.2) is 65.7 Å². The number of aryl methyl sites for hydroxylation is 1. The molecule has 3 heterocycles. The topological polar surface area (TPSA) is 71.2 Å². The summed E-state index contributed by atoms with van der Waals surface area (Å²) in [5.41, 5.74) is 5.73. The van der Waals surface area contributed by atoms with E-state index in [-0.39, 0.29) is 5.56 Å². The molecule has 0 atom stereocenters. The van der Waals surface area contributed by atoms with Gasteiger partial charge in [0.15, 0.2) is 0 Å². The minimum absolute atomic E-state index is 0.0951. The molecule has 0 unspecified atom stereocenters. The van der Waals surface area contributed by atoms with Crippen molar-refractivity contribution in [3.8, 4) is 39.4 Å². The molecule has 4 rings (SSSR count). The number of benzene rings is 1. The van der Waals surface area contributed by atoms with E-state index in [1.54, 1.807) is 28.8 Å². The summed E-state index contributed by atoms with van der Waals surface area (Å²) in [6.07, 6.45) is 3.48. The summed E-state index contributed by atoms with van der Waals surface area (Å²) in [5, 5.41) is 4.63. The lowest BCUT2D eigenvalue weighted by Gasteiger charge is -2.18. The molecule has 7 nitrogen and oxygen atoms in total. The first-order valence-corrected chi connectivity index (χ1v) is 15.8. The van der Waals surface area contributed by atoms with Gasteiger partial charge in [0.05, 0.1) is 29.8 Å². The van der Waals surface area contributed by atoms with E-state index in [0.717, 1.165) is 45.6 Å². The summed E-state index contributed by atoms with van der Waals surface area (Å²) in [5.74, 6) is 0.776. The van der Waals surface area contributed by atoms with Crippen LogP contribution in [0.3, 0.4) is 0 Å². The van der Waals surface area contributed by atoms with E-state index >= 15 is 0 Å². The highest BCUT2D eigenvalue weighted by Crippen LogP contribution is 2.34. The van der Waals surface area contributed by atoms with Crippen molar-refractivity contribution in [3.63, 3.8) is 0 Å². The fourth-order valence-corrected chi connectivity index (χ4v) is 4.92. The van der Waals surface area contributed by atoms with Crippen molar-refractivity contribution in [1.29, 1.82) is 0 Å². The van der Waals surface area contributed by atoms with Crippen molar-refractivity contribution >= 4 is 8.07 Å². The van der Waals surface area contributed by atoms with Crippen molar-refractivity contribution < 1.29 is 9.47 Å². The normalized spacial score (nSPS) is 11.6. The standard InChI is InChI=1S/C28H34N4O3Si/c1-20-17-26(32(30-20)19-35-15-16-36(4,5)6)25-18-24(21-7-9-23(34-3)10-8-21)27(31(2)28(25)33)22-11-13-29-14-12-22/h7-14,17-18H,15-16,19H2,1-6H3. The van der Waals surface area contributed by atoms with Crippen LogP contribution in [-0.2, 0) is 18.5 Å². The molecule has 0 aliphatic rings. The average Bonchev–Trinajstić information content (AvgIpc) is 3.23. The van der Waals surface area contributed by atoms with E-state index < -0.39 is 8.07 Å². The summed E-state index contributed by atoms with van der Waals surface area (Å²) in [7, 11) is 2.27. The van der Waals surface area contributed by atoms with Crippen molar-refractivity contribution in [2.45, 2.75) is 39.3 Å². The first-order valence-electron chi connectivity index (χ1n) is 12.1. The van der Waals surface area contributed by atoms with Gasteiger partial charge in [-0.05, 0) is 54.9 Å². The Balaban J connectivity index is 1.83. The van der Waals surface area contributed by atoms with Gasteiger partial charge in [-0.25, -0.2) is 4.68 Å². The van der Waals surface area contributed by atoms with E-state index in [4.69, 9.17) is 9.47 Å². The second-order valence-electron chi connectivity index (χ2n) is 10.2. The Hall–Kier alpha value is -3.49. The molecule has 36 heavy (non-hydrogen) atoms. The molecule has 0 saturated heterocycles. The predicted molar refractivity (Wildman–Crippen MR) is 147 cm³/mol. The number of aromatic nitrogens is 4. The molecule has 0 aliphatic heterocycles. The average molecular weight is 503 g/mol. The summed E-state index contributed by atoms with van der Waals surface area (Å²) in [6.45, 7) is 9.91. The molecule has 1 aromatic carbocycles. The van der Waals surface area contributed by atoms with Crippen molar-refractivity contribution in [2.75, 3.05) is 13.7 Å².